The first-order valence-corrected chi connectivity index (χ1v) is 5.97. The van der Waals surface area contributed by atoms with E-state index in [0.717, 1.165) is 18.2 Å². The number of rotatable bonds is 4. The van der Waals surface area contributed by atoms with Crippen LogP contribution in [0.25, 0.3) is 0 Å². The largest absolute Gasteiger partial charge is 0.348 e. The zero-order valence-corrected chi connectivity index (χ0v) is 10.6. The molecule has 1 heterocycles. The van der Waals surface area contributed by atoms with Crippen LogP contribution in [0.15, 0.2) is 36.5 Å². The molecule has 0 saturated carbocycles. The Labute approximate surface area is 114 Å². The van der Waals surface area contributed by atoms with E-state index < -0.39 is 17.5 Å². The van der Waals surface area contributed by atoms with Crippen LogP contribution in [0.2, 0.25) is 0 Å². The molecule has 0 unspecified atom stereocenters. The molecule has 2 rings (SSSR count). The minimum Gasteiger partial charge on any atom is -0.348 e. The Bertz CT molecular complexity index is 632. The summed E-state index contributed by atoms with van der Waals surface area (Å²) in [4.78, 5) is 15.9. The number of carbonyl (C=O) groups excluding carboxylic acids is 1. The summed E-state index contributed by atoms with van der Waals surface area (Å²) in [5.74, 6) is -1.51. The van der Waals surface area contributed by atoms with Gasteiger partial charge >= 0.3 is 0 Å². The van der Waals surface area contributed by atoms with Gasteiger partial charge in [-0.2, -0.15) is 0 Å². The van der Waals surface area contributed by atoms with Crippen molar-refractivity contribution in [1.82, 2.24) is 10.3 Å². The van der Waals surface area contributed by atoms with Gasteiger partial charge in [-0.1, -0.05) is 0 Å². The van der Waals surface area contributed by atoms with E-state index in [-0.39, 0.29) is 18.7 Å². The second-order valence-corrected chi connectivity index (χ2v) is 4.16. The standard InChI is InChI=1S/C14H13F2N3O/c15-11-1-2-13(16)10(5-11)8-19-14(20)9-3-4-18-12(6-9)7-17/h1-6H,7-8,17H2,(H,19,20). The van der Waals surface area contributed by atoms with Crippen molar-refractivity contribution in [3.05, 3.63) is 65.0 Å². The van der Waals surface area contributed by atoms with Gasteiger partial charge in [0, 0.05) is 30.4 Å². The van der Waals surface area contributed by atoms with Crippen LogP contribution in [0.4, 0.5) is 8.78 Å². The van der Waals surface area contributed by atoms with Gasteiger partial charge < -0.3 is 11.1 Å². The second-order valence-electron chi connectivity index (χ2n) is 4.16. The van der Waals surface area contributed by atoms with Crippen molar-refractivity contribution in [3.8, 4) is 0 Å². The maximum atomic E-state index is 13.4. The molecule has 1 aromatic heterocycles. The van der Waals surface area contributed by atoms with Crippen LogP contribution in [0.3, 0.4) is 0 Å². The predicted octanol–water partition coefficient (Wildman–Crippen LogP) is 1.75. The number of amides is 1. The van der Waals surface area contributed by atoms with Gasteiger partial charge in [0.1, 0.15) is 11.6 Å². The SMILES string of the molecule is NCc1cc(C(=O)NCc2cc(F)ccc2F)ccn1. The summed E-state index contributed by atoms with van der Waals surface area (Å²) in [6.45, 7) is 0.127. The highest BCUT2D eigenvalue weighted by Gasteiger charge is 2.09. The summed E-state index contributed by atoms with van der Waals surface area (Å²) in [6.07, 6.45) is 1.47. The van der Waals surface area contributed by atoms with Crippen LogP contribution in [0.5, 0.6) is 0 Å². The third kappa shape index (κ3) is 3.36. The molecule has 0 fully saturated rings. The number of nitrogens with zero attached hydrogens (tertiary/aromatic N) is 1. The van der Waals surface area contributed by atoms with Crippen molar-refractivity contribution in [2.75, 3.05) is 0 Å². The van der Waals surface area contributed by atoms with Crippen LogP contribution in [-0.2, 0) is 13.1 Å². The van der Waals surface area contributed by atoms with Gasteiger partial charge in [-0.3, -0.25) is 9.78 Å². The highest BCUT2D eigenvalue weighted by molar-refractivity contribution is 5.94. The monoisotopic (exact) mass is 277 g/mol. The number of hydrogen-bond acceptors (Lipinski definition) is 3. The van der Waals surface area contributed by atoms with Crippen LogP contribution in [-0.4, -0.2) is 10.9 Å². The normalized spacial score (nSPS) is 10.3. The summed E-state index contributed by atoms with van der Waals surface area (Å²) >= 11 is 0. The molecule has 0 aliphatic carbocycles. The number of aromatic nitrogens is 1. The first-order chi connectivity index (χ1) is 9.60. The van der Waals surface area contributed by atoms with Crippen LogP contribution in [0.1, 0.15) is 21.6 Å². The first-order valence-electron chi connectivity index (χ1n) is 5.97. The van der Waals surface area contributed by atoms with Gasteiger partial charge in [0.25, 0.3) is 5.91 Å². The Balaban J connectivity index is 2.06. The molecule has 4 nitrogen and oxygen atoms in total. The van der Waals surface area contributed by atoms with E-state index in [2.05, 4.69) is 10.3 Å². The lowest BCUT2D eigenvalue weighted by atomic mass is 10.2. The van der Waals surface area contributed by atoms with Crippen molar-refractivity contribution < 1.29 is 13.6 Å². The van der Waals surface area contributed by atoms with Crippen molar-refractivity contribution in [2.24, 2.45) is 5.73 Å². The number of hydrogen-bond donors (Lipinski definition) is 2. The van der Waals surface area contributed by atoms with Crippen LogP contribution >= 0.6 is 0 Å². The smallest absolute Gasteiger partial charge is 0.251 e. The molecule has 0 atom stereocenters. The van der Waals surface area contributed by atoms with Crippen molar-refractivity contribution in [2.45, 2.75) is 13.1 Å². The molecule has 0 aliphatic rings. The average Bonchev–Trinajstić information content (AvgIpc) is 2.48. The van der Waals surface area contributed by atoms with Crippen molar-refractivity contribution in [3.63, 3.8) is 0 Å². The highest BCUT2D eigenvalue weighted by atomic mass is 19.1. The van der Waals surface area contributed by atoms with E-state index in [4.69, 9.17) is 5.73 Å². The topological polar surface area (TPSA) is 68.0 Å². The number of nitrogens with one attached hydrogen (secondary N) is 1. The summed E-state index contributed by atoms with van der Waals surface area (Å²) in [6, 6.07) is 6.17. The molecule has 0 aliphatic heterocycles. The van der Waals surface area contributed by atoms with E-state index in [1.54, 1.807) is 6.07 Å². The minimum absolute atomic E-state index is 0.0893. The van der Waals surface area contributed by atoms with Gasteiger partial charge in [0.2, 0.25) is 0 Å². The quantitative estimate of drug-likeness (QED) is 0.894. The Morgan fingerprint density at radius 2 is 2.05 bits per heavy atom. The first kappa shape index (κ1) is 14.1. The molecular formula is C14H13F2N3O. The van der Waals surface area contributed by atoms with Crippen molar-refractivity contribution >= 4 is 5.91 Å². The van der Waals surface area contributed by atoms with E-state index in [1.165, 1.54) is 12.3 Å². The predicted molar refractivity (Wildman–Crippen MR) is 69.7 cm³/mol. The molecule has 2 aromatic rings. The van der Waals surface area contributed by atoms with E-state index in [1.807, 2.05) is 0 Å². The lowest BCUT2D eigenvalue weighted by Crippen LogP contribution is -2.23. The van der Waals surface area contributed by atoms with Gasteiger partial charge in [-0.15, -0.1) is 0 Å². The molecule has 0 spiro atoms. The average molecular weight is 277 g/mol. The Kier molecular flexibility index (Phi) is 4.37. The third-order valence-electron chi connectivity index (χ3n) is 2.74. The fraction of sp³-hybridized carbons (Fsp3) is 0.143. The van der Waals surface area contributed by atoms with E-state index in [0.29, 0.717) is 11.3 Å². The summed E-state index contributed by atoms with van der Waals surface area (Å²) in [5, 5.41) is 2.52. The van der Waals surface area contributed by atoms with E-state index >= 15 is 0 Å². The number of nitrogens with two attached hydrogens (primary N) is 1. The fourth-order valence-electron chi connectivity index (χ4n) is 1.69. The molecule has 0 radical (unpaired) electrons. The van der Waals surface area contributed by atoms with Gasteiger partial charge in [0.05, 0.1) is 5.69 Å². The molecule has 3 N–H and O–H groups in total. The third-order valence-corrected chi connectivity index (χ3v) is 2.74. The van der Waals surface area contributed by atoms with Crippen LogP contribution in [0, 0.1) is 11.6 Å². The molecule has 6 heteroatoms. The van der Waals surface area contributed by atoms with Crippen LogP contribution < -0.4 is 11.1 Å². The van der Waals surface area contributed by atoms with Gasteiger partial charge in [-0.05, 0) is 30.3 Å². The summed E-state index contributed by atoms with van der Waals surface area (Å²) in [7, 11) is 0. The lowest BCUT2D eigenvalue weighted by molar-refractivity contribution is 0.0950. The molecule has 1 amide bonds. The molecular weight excluding hydrogens is 264 g/mol. The van der Waals surface area contributed by atoms with Crippen molar-refractivity contribution in [1.29, 1.82) is 0 Å². The number of halogens is 2. The highest BCUT2D eigenvalue weighted by Crippen LogP contribution is 2.10. The van der Waals surface area contributed by atoms with E-state index in [9.17, 15) is 13.6 Å². The maximum Gasteiger partial charge on any atom is 0.251 e. The number of pyridine rings is 1. The molecule has 104 valence electrons. The number of carbonyl (C=O) groups is 1. The molecule has 1 aromatic carbocycles. The Morgan fingerprint density at radius 1 is 1.25 bits per heavy atom. The zero-order chi connectivity index (χ0) is 14.5. The number of benzene rings is 1. The summed E-state index contributed by atoms with van der Waals surface area (Å²) < 4.78 is 26.4. The Hall–Kier alpha value is -2.34. The summed E-state index contributed by atoms with van der Waals surface area (Å²) in [5.41, 5.74) is 6.48. The molecule has 20 heavy (non-hydrogen) atoms. The van der Waals surface area contributed by atoms with Gasteiger partial charge in [-0.25, -0.2) is 8.78 Å². The maximum absolute atomic E-state index is 13.4. The zero-order valence-electron chi connectivity index (χ0n) is 10.6. The Morgan fingerprint density at radius 3 is 2.80 bits per heavy atom. The second kappa shape index (κ2) is 6.21. The minimum atomic E-state index is -0.566. The molecule has 0 bridgehead atoms. The van der Waals surface area contributed by atoms with Gasteiger partial charge in [0.15, 0.2) is 0 Å². The molecule has 0 saturated heterocycles. The lowest BCUT2D eigenvalue weighted by Gasteiger charge is -2.07. The fourth-order valence-corrected chi connectivity index (χ4v) is 1.69.